The molecule has 25 heavy (non-hydrogen) atoms. The van der Waals surface area contributed by atoms with Crippen LogP contribution in [0, 0.1) is 5.92 Å². The van der Waals surface area contributed by atoms with E-state index < -0.39 is 37.1 Å². The fourth-order valence-electron chi connectivity index (χ4n) is 2.05. The SMILES string of the molecule is CC1CCCCCC1NS(=O)(=O)C(F)(F)F.CNS(=O)(=O)C(F)(F)F. The third kappa shape index (κ3) is 7.66. The van der Waals surface area contributed by atoms with Crippen LogP contribution in [0.5, 0.6) is 0 Å². The van der Waals surface area contributed by atoms with Crippen molar-refractivity contribution in [2.45, 2.75) is 56.1 Å². The van der Waals surface area contributed by atoms with Crippen molar-refractivity contribution in [1.82, 2.24) is 9.44 Å². The molecule has 0 saturated heterocycles. The molecular formula is C11H20F6N2O4S2. The molecule has 0 aromatic heterocycles. The highest BCUT2D eigenvalue weighted by molar-refractivity contribution is 7.90. The summed E-state index contributed by atoms with van der Waals surface area (Å²) in [6, 6.07) is -0.589. The lowest BCUT2D eigenvalue weighted by molar-refractivity contribution is -0.0456. The summed E-state index contributed by atoms with van der Waals surface area (Å²) in [5, 5.41) is 0. The Morgan fingerprint density at radius 2 is 1.24 bits per heavy atom. The predicted octanol–water partition coefficient (Wildman–Crippen LogP) is 2.45. The molecule has 0 heterocycles. The van der Waals surface area contributed by atoms with Crippen LogP contribution < -0.4 is 9.44 Å². The normalized spacial score (nSPS) is 23.4. The molecule has 1 fully saturated rings. The smallest absolute Gasteiger partial charge is 0.210 e. The highest BCUT2D eigenvalue weighted by Crippen LogP contribution is 2.27. The lowest BCUT2D eigenvalue weighted by Gasteiger charge is -2.23. The lowest BCUT2D eigenvalue weighted by atomic mass is 9.98. The lowest BCUT2D eigenvalue weighted by Crippen LogP contribution is -2.45. The molecule has 0 spiro atoms. The van der Waals surface area contributed by atoms with Crippen LogP contribution in [0.3, 0.4) is 0 Å². The Hall–Kier alpha value is -0.600. The molecule has 2 unspecified atom stereocenters. The first kappa shape index (κ1) is 24.4. The molecule has 0 aromatic carbocycles. The number of alkyl halides is 6. The number of rotatable bonds is 3. The van der Waals surface area contributed by atoms with Crippen molar-refractivity contribution >= 4 is 20.0 Å². The van der Waals surface area contributed by atoms with Crippen LogP contribution in [-0.2, 0) is 20.0 Å². The summed E-state index contributed by atoms with van der Waals surface area (Å²) in [4.78, 5) is 0. The molecule has 0 bridgehead atoms. The van der Waals surface area contributed by atoms with E-state index in [0.717, 1.165) is 30.4 Å². The van der Waals surface area contributed by atoms with E-state index in [4.69, 9.17) is 0 Å². The number of hydrogen-bond donors (Lipinski definition) is 2. The summed E-state index contributed by atoms with van der Waals surface area (Å²) in [6.45, 7) is 1.79. The molecule has 0 amide bonds. The maximum absolute atomic E-state index is 12.2. The van der Waals surface area contributed by atoms with Crippen LogP contribution in [0.25, 0.3) is 0 Å². The van der Waals surface area contributed by atoms with Crippen LogP contribution in [0.1, 0.15) is 39.0 Å². The van der Waals surface area contributed by atoms with Gasteiger partial charge in [0.25, 0.3) is 0 Å². The summed E-state index contributed by atoms with van der Waals surface area (Å²) in [5.74, 6) is -0.0420. The highest BCUT2D eigenvalue weighted by Gasteiger charge is 2.47. The van der Waals surface area contributed by atoms with Gasteiger partial charge in [0, 0.05) is 6.04 Å². The van der Waals surface area contributed by atoms with Crippen molar-refractivity contribution in [3.8, 4) is 0 Å². The van der Waals surface area contributed by atoms with Crippen LogP contribution in [0.4, 0.5) is 26.3 Å². The number of nitrogens with one attached hydrogen (secondary N) is 2. The zero-order valence-corrected chi connectivity index (χ0v) is 15.0. The van der Waals surface area contributed by atoms with Crippen molar-refractivity contribution in [1.29, 1.82) is 0 Å². The Morgan fingerprint density at radius 3 is 1.60 bits per heavy atom. The third-order valence-corrected chi connectivity index (χ3v) is 5.92. The first-order valence-electron chi connectivity index (χ1n) is 7.13. The third-order valence-electron chi connectivity index (χ3n) is 3.55. The van der Waals surface area contributed by atoms with Gasteiger partial charge in [-0.05, 0) is 25.8 Å². The maximum atomic E-state index is 12.2. The molecule has 2 atom stereocenters. The van der Waals surface area contributed by atoms with Gasteiger partial charge in [-0.1, -0.05) is 26.2 Å². The first-order valence-corrected chi connectivity index (χ1v) is 10.1. The Bertz CT molecular complexity index is 615. The average Bonchev–Trinajstić information content (AvgIpc) is 2.62. The standard InChI is InChI=1S/C9H16F3NO2S.C2H4F3NO2S/c1-7-5-3-2-4-6-8(7)13-16(14,15)9(10,11)12;1-6-9(7,8)2(3,4)5/h7-8,13H,2-6H2,1H3;6H,1H3. The van der Waals surface area contributed by atoms with E-state index in [-0.39, 0.29) is 5.92 Å². The summed E-state index contributed by atoms with van der Waals surface area (Å²) in [5.41, 5.74) is -10.4. The Labute approximate surface area is 142 Å². The summed E-state index contributed by atoms with van der Waals surface area (Å²) >= 11 is 0. The molecule has 0 radical (unpaired) electrons. The van der Waals surface area contributed by atoms with Gasteiger partial charge in [-0.2, -0.15) is 26.3 Å². The average molecular weight is 422 g/mol. The maximum Gasteiger partial charge on any atom is 0.511 e. The quantitative estimate of drug-likeness (QED) is 0.540. The van der Waals surface area contributed by atoms with Gasteiger partial charge in [-0.15, -0.1) is 0 Å². The van der Waals surface area contributed by atoms with Crippen molar-refractivity contribution in [3.63, 3.8) is 0 Å². The molecule has 1 rings (SSSR count). The minimum atomic E-state index is -5.21. The molecule has 1 aliphatic carbocycles. The molecule has 6 nitrogen and oxygen atoms in total. The van der Waals surface area contributed by atoms with E-state index in [9.17, 15) is 43.2 Å². The number of sulfonamides is 2. The topological polar surface area (TPSA) is 92.3 Å². The van der Waals surface area contributed by atoms with Gasteiger partial charge in [0.2, 0.25) is 0 Å². The molecule has 0 aliphatic heterocycles. The molecule has 1 aliphatic rings. The molecule has 2 N–H and O–H groups in total. The van der Waals surface area contributed by atoms with E-state index in [1.54, 1.807) is 11.6 Å². The Morgan fingerprint density at radius 1 is 0.800 bits per heavy atom. The molecule has 1 saturated carbocycles. The minimum Gasteiger partial charge on any atom is -0.210 e. The second-order valence-electron chi connectivity index (χ2n) is 5.44. The van der Waals surface area contributed by atoms with Gasteiger partial charge in [0.05, 0.1) is 0 Å². The van der Waals surface area contributed by atoms with E-state index in [0.29, 0.717) is 13.5 Å². The number of hydrogen-bond acceptors (Lipinski definition) is 4. The van der Waals surface area contributed by atoms with Crippen molar-refractivity contribution in [3.05, 3.63) is 0 Å². The van der Waals surface area contributed by atoms with Gasteiger partial charge in [0.1, 0.15) is 0 Å². The van der Waals surface area contributed by atoms with E-state index >= 15 is 0 Å². The summed E-state index contributed by atoms with van der Waals surface area (Å²) in [6.07, 6.45) is 3.93. The largest absolute Gasteiger partial charge is 0.511 e. The molecule has 152 valence electrons. The Kier molecular flexibility index (Phi) is 8.65. The van der Waals surface area contributed by atoms with Crippen LogP contribution >= 0.6 is 0 Å². The first-order chi connectivity index (χ1) is 11.0. The van der Waals surface area contributed by atoms with Crippen LogP contribution in [0.15, 0.2) is 0 Å². The van der Waals surface area contributed by atoms with Gasteiger partial charge in [-0.25, -0.2) is 26.3 Å². The summed E-state index contributed by atoms with van der Waals surface area (Å²) in [7, 11) is -9.58. The van der Waals surface area contributed by atoms with Gasteiger partial charge < -0.3 is 0 Å². The predicted molar refractivity (Wildman–Crippen MR) is 78.2 cm³/mol. The van der Waals surface area contributed by atoms with Crippen LogP contribution in [-0.4, -0.2) is 40.9 Å². The monoisotopic (exact) mass is 422 g/mol. The zero-order chi connectivity index (χ0) is 20.1. The van der Waals surface area contributed by atoms with Crippen LogP contribution in [0.2, 0.25) is 0 Å². The second kappa shape index (κ2) is 8.86. The van der Waals surface area contributed by atoms with Crippen molar-refractivity contribution < 1.29 is 43.2 Å². The molecule has 14 heteroatoms. The fourth-order valence-corrected chi connectivity index (χ4v) is 3.16. The second-order valence-corrected chi connectivity index (χ2v) is 9.03. The summed E-state index contributed by atoms with van der Waals surface area (Å²) < 4.78 is 114. The van der Waals surface area contributed by atoms with E-state index in [1.807, 2.05) is 0 Å². The van der Waals surface area contributed by atoms with Crippen molar-refractivity contribution in [2.75, 3.05) is 7.05 Å². The fraction of sp³-hybridized carbons (Fsp3) is 1.00. The minimum absolute atomic E-state index is 0.0420. The molecule has 0 aromatic rings. The Balaban J connectivity index is 0.000000547. The molecular weight excluding hydrogens is 402 g/mol. The van der Waals surface area contributed by atoms with Gasteiger partial charge in [0.15, 0.2) is 0 Å². The van der Waals surface area contributed by atoms with E-state index in [1.165, 1.54) is 0 Å². The van der Waals surface area contributed by atoms with E-state index in [2.05, 4.69) is 0 Å². The highest BCUT2D eigenvalue weighted by atomic mass is 32.2. The zero-order valence-electron chi connectivity index (χ0n) is 13.4. The van der Waals surface area contributed by atoms with Gasteiger partial charge in [-0.3, -0.25) is 0 Å². The number of halogens is 6. The van der Waals surface area contributed by atoms with Gasteiger partial charge >= 0.3 is 31.1 Å². The van der Waals surface area contributed by atoms with Crippen molar-refractivity contribution in [2.24, 2.45) is 5.92 Å².